The first-order valence-electron chi connectivity index (χ1n) is 5.24. The highest BCUT2D eigenvalue weighted by molar-refractivity contribution is 5.90. The highest BCUT2D eigenvalue weighted by Crippen LogP contribution is 2.17. The number of cyclic esters (lactones) is 1. The van der Waals surface area contributed by atoms with Gasteiger partial charge in [0, 0.05) is 6.54 Å². The molecule has 5 nitrogen and oxygen atoms in total. The van der Waals surface area contributed by atoms with Gasteiger partial charge in [0.25, 0.3) is 5.91 Å². The van der Waals surface area contributed by atoms with E-state index < -0.39 is 6.04 Å². The van der Waals surface area contributed by atoms with Gasteiger partial charge in [0.2, 0.25) is 0 Å². The second-order valence-electron chi connectivity index (χ2n) is 4.03. The van der Waals surface area contributed by atoms with Crippen LogP contribution in [0.2, 0.25) is 0 Å². The number of hydrogen-bond donors (Lipinski definition) is 1. The molecule has 0 saturated carbocycles. The summed E-state index contributed by atoms with van der Waals surface area (Å²) in [5, 5.41) is 0. The number of nitrogens with zero attached hydrogens (tertiary/aromatic N) is 1. The minimum absolute atomic E-state index is 0.0690. The predicted octanol–water partition coefficient (Wildman–Crippen LogP) is -0.255. The smallest absolute Gasteiger partial charge is 0.329 e. The van der Waals surface area contributed by atoms with E-state index in [2.05, 4.69) is 0 Å². The second-order valence-corrected chi connectivity index (χ2v) is 4.03. The molecule has 5 heteroatoms. The number of rotatable bonds is 4. The van der Waals surface area contributed by atoms with Gasteiger partial charge in [-0.15, -0.1) is 0 Å². The molecule has 1 atom stereocenters. The SMILES string of the molecule is CC(C)C1C(=O)OCC(=O)N1CCCN. The number of carbonyl (C=O) groups excluding carboxylic acids is 2. The maximum Gasteiger partial charge on any atom is 0.329 e. The van der Waals surface area contributed by atoms with Gasteiger partial charge in [0.15, 0.2) is 6.61 Å². The summed E-state index contributed by atoms with van der Waals surface area (Å²) in [4.78, 5) is 24.7. The van der Waals surface area contributed by atoms with Crippen LogP contribution in [0, 0.1) is 5.92 Å². The van der Waals surface area contributed by atoms with E-state index >= 15 is 0 Å². The molecule has 0 aromatic carbocycles. The summed E-state index contributed by atoms with van der Waals surface area (Å²) in [6.07, 6.45) is 0.711. The van der Waals surface area contributed by atoms with E-state index in [0.717, 1.165) is 0 Å². The Hall–Kier alpha value is -1.10. The topological polar surface area (TPSA) is 72.6 Å². The molecule has 15 heavy (non-hydrogen) atoms. The zero-order valence-electron chi connectivity index (χ0n) is 9.23. The summed E-state index contributed by atoms with van der Waals surface area (Å²) in [5.41, 5.74) is 5.39. The molecule has 1 heterocycles. The Labute approximate surface area is 89.6 Å². The summed E-state index contributed by atoms with van der Waals surface area (Å²) < 4.78 is 4.81. The van der Waals surface area contributed by atoms with E-state index in [0.29, 0.717) is 19.5 Å². The summed E-state index contributed by atoms with van der Waals surface area (Å²) in [7, 11) is 0. The minimum atomic E-state index is -0.446. The van der Waals surface area contributed by atoms with Crippen LogP contribution < -0.4 is 5.73 Å². The van der Waals surface area contributed by atoms with Gasteiger partial charge in [-0.2, -0.15) is 0 Å². The van der Waals surface area contributed by atoms with E-state index in [1.54, 1.807) is 4.90 Å². The average Bonchev–Trinajstić information content (AvgIpc) is 2.18. The lowest BCUT2D eigenvalue weighted by Gasteiger charge is -2.36. The number of esters is 1. The monoisotopic (exact) mass is 214 g/mol. The fraction of sp³-hybridized carbons (Fsp3) is 0.800. The minimum Gasteiger partial charge on any atom is -0.454 e. The molecule has 1 aliphatic rings. The van der Waals surface area contributed by atoms with Crippen LogP contribution in [0.5, 0.6) is 0 Å². The first-order valence-corrected chi connectivity index (χ1v) is 5.24. The first kappa shape index (κ1) is 12.0. The van der Waals surface area contributed by atoms with Crippen LogP contribution in [0.25, 0.3) is 0 Å². The molecule has 2 N–H and O–H groups in total. The Morgan fingerprint density at radius 2 is 2.20 bits per heavy atom. The van der Waals surface area contributed by atoms with Crippen LogP contribution in [0.1, 0.15) is 20.3 Å². The van der Waals surface area contributed by atoms with Crippen molar-refractivity contribution in [2.75, 3.05) is 19.7 Å². The van der Waals surface area contributed by atoms with Crippen molar-refractivity contribution < 1.29 is 14.3 Å². The molecule has 86 valence electrons. The molecular weight excluding hydrogens is 196 g/mol. The summed E-state index contributed by atoms with van der Waals surface area (Å²) in [6, 6.07) is -0.446. The Bertz CT molecular complexity index is 253. The number of hydrogen-bond acceptors (Lipinski definition) is 4. The number of amides is 1. The van der Waals surface area contributed by atoms with Gasteiger partial charge in [-0.1, -0.05) is 13.8 Å². The second kappa shape index (κ2) is 5.11. The van der Waals surface area contributed by atoms with Crippen LogP contribution in [-0.4, -0.2) is 42.5 Å². The van der Waals surface area contributed by atoms with Gasteiger partial charge < -0.3 is 15.4 Å². The Morgan fingerprint density at radius 3 is 2.73 bits per heavy atom. The van der Waals surface area contributed by atoms with E-state index in [4.69, 9.17) is 10.5 Å². The molecule has 0 bridgehead atoms. The van der Waals surface area contributed by atoms with Gasteiger partial charge in [-0.3, -0.25) is 4.79 Å². The molecule has 0 spiro atoms. The molecule has 0 aromatic rings. The third kappa shape index (κ3) is 2.68. The van der Waals surface area contributed by atoms with Gasteiger partial charge in [0.05, 0.1) is 0 Å². The molecule has 1 rings (SSSR count). The lowest BCUT2D eigenvalue weighted by atomic mass is 10.0. The highest BCUT2D eigenvalue weighted by atomic mass is 16.5. The Morgan fingerprint density at radius 1 is 1.53 bits per heavy atom. The maximum absolute atomic E-state index is 11.6. The van der Waals surface area contributed by atoms with Gasteiger partial charge in [-0.05, 0) is 18.9 Å². The highest BCUT2D eigenvalue weighted by Gasteiger charge is 2.37. The molecule has 1 unspecified atom stereocenters. The predicted molar refractivity (Wildman–Crippen MR) is 55.0 cm³/mol. The van der Waals surface area contributed by atoms with Crippen LogP contribution in [0.15, 0.2) is 0 Å². The van der Waals surface area contributed by atoms with Crippen molar-refractivity contribution in [3.8, 4) is 0 Å². The lowest BCUT2D eigenvalue weighted by molar-refractivity contribution is -0.171. The van der Waals surface area contributed by atoms with E-state index in [1.807, 2.05) is 13.8 Å². The van der Waals surface area contributed by atoms with Crippen LogP contribution in [0.4, 0.5) is 0 Å². The van der Waals surface area contributed by atoms with Crippen molar-refractivity contribution in [3.05, 3.63) is 0 Å². The molecular formula is C10H18N2O3. The molecule has 1 amide bonds. The summed E-state index contributed by atoms with van der Waals surface area (Å²) in [6.45, 7) is 4.73. The zero-order valence-corrected chi connectivity index (χ0v) is 9.23. The maximum atomic E-state index is 11.6. The largest absolute Gasteiger partial charge is 0.454 e. The van der Waals surface area contributed by atoms with Crippen LogP contribution >= 0.6 is 0 Å². The number of carbonyl (C=O) groups is 2. The fourth-order valence-corrected chi connectivity index (χ4v) is 1.74. The number of nitrogens with two attached hydrogens (primary N) is 1. The molecule has 0 aromatic heterocycles. The quantitative estimate of drug-likeness (QED) is 0.655. The molecule has 0 aliphatic carbocycles. The zero-order chi connectivity index (χ0) is 11.4. The number of morpholine rings is 1. The third-order valence-electron chi connectivity index (χ3n) is 2.47. The molecule has 0 radical (unpaired) electrons. The Kier molecular flexibility index (Phi) is 4.08. The van der Waals surface area contributed by atoms with Crippen molar-refractivity contribution in [3.63, 3.8) is 0 Å². The third-order valence-corrected chi connectivity index (χ3v) is 2.47. The summed E-state index contributed by atoms with van der Waals surface area (Å²) >= 11 is 0. The lowest BCUT2D eigenvalue weighted by Crippen LogP contribution is -2.55. The number of ether oxygens (including phenoxy) is 1. The van der Waals surface area contributed by atoms with Crippen LogP contribution in [-0.2, 0) is 14.3 Å². The van der Waals surface area contributed by atoms with Crippen molar-refractivity contribution >= 4 is 11.9 Å². The van der Waals surface area contributed by atoms with E-state index in [1.165, 1.54) is 0 Å². The van der Waals surface area contributed by atoms with Gasteiger partial charge >= 0.3 is 5.97 Å². The standard InChI is InChI=1S/C10H18N2O3/c1-7(2)9-10(14)15-6-8(13)12(9)5-3-4-11/h7,9H,3-6,11H2,1-2H3. The Balaban J connectivity index is 2.74. The summed E-state index contributed by atoms with van der Waals surface area (Å²) in [5.74, 6) is -0.358. The average molecular weight is 214 g/mol. The van der Waals surface area contributed by atoms with Crippen molar-refractivity contribution in [1.29, 1.82) is 0 Å². The molecule has 1 aliphatic heterocycles. The normalized spacial score (nSPS) is 22.1. The van der Waals surface area contributed by atoms with E-state index in [9.17, 15) is 9.59 Å². The van der Waals surface area contributed by atoms with Crippen LogP contribution in [0.3, 0.4) is 0 Å². The van der Waals surface area contributed by atoms with Crippen molar-refractivity contribution in [2.24, 2.45) is 11.7 Å². The van der Waals surface area contributed by atoms with Crippen molar-refractivity contribution in [2.45, 2.75) is 26.3 Å². The van der Waals surface area contributed by atoms with E-state index in [-0.39, 0.29) is 24.4 Å². The van der Waals surface area contributed by atoms with Crippen molar-refractivity contribution in [1.82, 2.24) is 4.90 Å². The fourth-order valence-electron chi connectivity index (χ4n) is 1.74. The molecule has 1 saturated heterocycles. The molecule has 1 fully saturated rings. The first-order chi connectivity index (χ1) is 7.07. The van der Waals surface area contributed by atoms with Gasteiger partial charge in [0.1, 0.15) is 6.04 Å². The van der Waals surface area contributed by atoms with Gasteiger partial charge in [-0.25, -0.2) is 4.79 Å².